The molecule has 2 amide bonds. The predicted molar refractivity (Wildman–Crippen MR) is 306 cm³/mol. The second-order valence-corrected chi connectivity index (χ2v) is 27.9. The summed E-state index contributed by atoms with van der Waals surface area (Å²) < 4.78 is 44.2. The summed E-state index contributed by atoms with van der Waals surface area (Å²) in [5, 5.41) is 33.6. The molecule has 0 bridgehead atoms. The van der Waals surface area contributed by atoms with Gasteiger partial charge < -0.3 is 63.8 Å². The summed E-state index contributed by atoms with van der Waals surface area (Å²) in [5.74, 6) is -4.20. The molecule has 25 heteroatoms. The second kappa shape index (κ2) is 49.6. The topological polar surface area (TPSA) is 261 Å². The number of hydrogen-bond acceptors (Lipinski definition) is 20. The van der Waals surface area contributed by atoms with E-state index in [4.69, 9.17) is 43.0 Å². The number of aliphatic carboxylic acids is 3. The smallest absolute Gasteiger partial charge is 0.308 e. The van der Waals surface area contributed by atoms with Gasteiger partial charge in [-0.1, -0.05) is 127 Å². The summed E-state index contributed by atoms with van der Waals surface area (Å²) in [6.07, 6.45) is 18.5. The second-order valence-electron chi connectivity index (χ2n) is 18.3. The third kappa shape index (κ3) is 42.7. The molecule has 2 fully saturated rings. The summed E-state index contributed by atoms with van der Waals surface area (Å²) in [7, 11) is 10.6. The van der Waals surface area contributed by atoms with Crippen molar-refractivity contribution in [3.8, 4) is 0 Å². The van der Waals surface area contributed by atoms with Crippen LogP contribution < -0.4 is 10.6 Å². The van der Waals surface area contributed by atoms with Gasteiger partial charge in [-0.05, 0) is 53.7 Å². The molecule has 0 saturated carbocycles. The number of carboxylic acid groups (broad SMARTS) is 3. The summed E-state index contributed by atoms with van der Waals surface area (Å²) in [6.45, 7) is 7.18. The van der Waals surface area contributed by atoms with Crippen molar-refractivity contribution >= 4 is 100 Å². The molecule has 2 aliphatic rings. The minimum absolute atomic E-state index is 0.0307. The monoisotopic (exact) mass is 1190 g/mol. The molecule has 2 rings (SSSR count). The first kappa shape index (κ1) is 70.9. The summed E-state index contributed by atoms with van der Waals surface area (Å²) >= 11 is 0. The van der Waals surface area contributed by atoms with E-state index in [0.29, 0.717) is 125 Å². The molecule has 5 N–H and O–H groups in total. The Morgan fingerprint density at radius 3 is 1.21 bits per heavy atom. The molecule has 19 nitrogen and oxygen atoms in total. The van der Waals surface area contributed by atoms with Crippen LogP contribution in [0.5, 0.6) is 0 Å². The van der Waals surface area contributed by atoms with Crippen LogP contribution in [0.15, 0.2) is 0 Å². The van der Waals surface area contributed by atoms with Gasteiger partial charge in [0.25, 0.3) is 0 Å². The van der Waals surface area contributed by atoms with E-state index in [2.05, 4.69) is 10.6 Å². The van der Waals surface area contributed by atoms with Crippen molar-refractivity contribution in [2.75, 3.05) is 119 Å². The Hall–Kier alpha value is -1.20. The van der Waals surface area contributed by atoms with E-state index in [1.54, 1.807) is 43.2 Å². The van der Waals surface area contributed by atoms with E-state index in [-0.39, 0.29) is 63.6 Å². The fourth-order valence-corrected chi connectivity index (χ4v) is 21.4. The molecule has 0 aromatic carbocycles. The van der Waals surface area contributed by atoms with E-state index in [0.717, 1.165) is 57.8 Å². The normalized spacial score (nSPS) is 14.9. The first-order valence-corrected chi connectivity index (χ1v) is 34.0. The maximum absolute atomic E-state index is 12.5. The fraction of sp³-hybridized carbons (Fsp3) is 0.882. The van der Waals surface area contributed by atoms with Crippen molar-refractivity contribution in [2.24, 2.45) is 11.8 Å². The minimum Gasteiger partial charge on any atom is -0.481 e. The third-order valence-corrected chi connectivity index (χ3v) is 25.8. The zero-order chi connectivity index (χ0) is 55.0. The lowest BCUT2D eigenvalue weighted by Gasteiger charge is -2.27. The van der Waals surface area contributed by atoms with Crippen molar-refractivity contribution in [1.82, 2.24) is 10.6 Å². The number of Topliss-reactive ketones (excluding diaryl/α,β-unsaturated/α-hetero) is 1. The van der Waals surface area contributed by atoms with Gasteiger partial charge in [-0.25, -0.2) is 0 Å². The van der Waals surface area contributed by atoms with Gasteiger partial charge in [0.2, 0.25) is 11.8 Å². The van der Waals surface area contributed by atoms with Crippen LogP contribution in [-0.4, -0.2) is 177 Å². The van der Waals surface area contributed by atoms with Crippen LogP contribution in [0.25, 0.3) is 0 Å². The average Bonchev–Trinajstić information content (AvgIpc) is 4.16. The molecule has 0 aliphatic carbocycles. The number of ether oxygens (including phenoxy) is 8. The quantitative estimate of drug-likeness (QED) is 0.0216. The molecule has 442 valence electrons. The lowest BCUT2D eigenvalue weighted by molar-refractivity contribution is -0.144. The lowest BCUT2D eigenvalue weighted by Crippen LogP contribution is -2.29. The number of carbonyl (C=O) groups excluding carboxylic acids is 3. The van der Waals surface area contributed by atoms with Gasteiger partial charge in [0.15, 0.2) is 2.74 Å². The lowest BCUT2D eigenvalue weighted by atomic mass is 9.94. The largest absolute Gasteiger partial charge is 0.481 e. The van der Waals surface area contributed by atoms with Crippen LogP contribution in [0.3, 0.4) is 0 Å². The van der Waals surface area contributed by atoms with Crippen molar-refractivity contribution in [2.45, 2.75) is 155 Å². The molecule has 0 aromatic rings. The van der Waals surface area contributed by atoms with Crippen LogP contribution in [0, 0.1) is 11.8 Å². The van der Waals surface area contributed by atoms with Gasteiger partial charge in [-0.15, -0.1) is 0 Å². The molecule has 0 aromatic heterocycles. The fourth-order valence-electron chi connectivity index (χ4n) is 7.52. The number of carboxylic acids is 3. The molecular weight excluding hydrogens is 1100 g/mol. The first-order chi connectivity index (χ1) is 37.0. The Morgan fingerprint density at radius 1 is 0.395 bits per heavy atom. The summed E-state index contributed by atoms with van der Waals surface area (Å²) in [6, 6.07) is 0. The standard InChI is InChI=1S/C51H90N2O17S6/c54-43(17-13-11-9-7-5-3-1-2-4-6-8-10-12-14-19-47(57)58)41-42(48(59)60)20-21-45(55)53-24-26-64-28-30-66-32-34-68-36-38-70-40-39-69-37-35-67-33-31-65-29-27-63-25-22-46(56)52-23-16-15-18-44(49(61)62)50-71-73-51(74-72-50)75-76-51/h42,44,50H,1-41H2,(H,52,56)(H,53,55)(H,57,58)(H,59,60)(H,61,62)/t42-,44+/m1/s1. The zero-order valence-corrected chi connectivity index (χ0v) is 49.6. The Balaban J connectivity index is 1.23. The highest BCUT2D eigenvalue weighted by Crippen LogP contribution is 2.84. The Morgan fingerprint density at radius 2 is 0.789 bits per heavy atom. The molecule has 76 heavy (non-hydrogen) atoms. The van der Waals surface area contributed by atoms with Crippen LogP contribution in [0.2, 0.25) is 0 Å². The highest BCUT2D eigenvalue weighted by atomic mass is 33.2. The van der Waals surface area contributed by atoms with E-state index < -0.39 is 29.7 Å². The molecule has 1 spiro atoms. The third-order valence-electron chi connectivity index (χ3n) is 11.9. The molecule has 2 heterocycles. The number of unbranched alkanes of at least 4 members (excludes halogenated alkanes) is 14. The Bertz CT molecular complexity index is 1520. The highest BCUT2D eigenvalue weighted by Gasteiger charge is 2.53. The molecule has 2 saturated heterocycles. The minimum atomic E-state index is -1.05. The number of hydrogen-bond donors (Lipinski definition) is 5. The Labute approximate surface area is 475 Å². The van der Waals surface area contributed by atoms with Crippen molar-refractivity contribution in [3.05, 3.63) is 0 Å². The maximum Gasteiger partial charge on any atom is 0.308 e. The molecule has 0 radical (unpaired) electrons. The van der Waals surface area contributed by atoms with Gasteiger partial charge in [0, 0.05) is 45.2 Å². The number of nitrogens with one attached hydrogen (secondary N) is 2. The van der Waals surface area contributed by atoms with Crippen LogP contribution in [-0.2, 0) is 66.7 Å². The molecule has 2 aliphatic heterocycles. The van der Waals surface area contributed by atoms with Gasteiger partial charge in [0.1, 0.15) is 5.78 Å². The molecule has 0 unspecified atom stereocenters. The van der Waals surface area contributed by atoms with Gasteiger partial charge in [-0.2, -0.15) is 0 Å². The van der Waals surface area contributed by atoms with E-state index in [1.807, 2.05) is 21.6 Å². The van der Waals surface area contributed by atoms with Crippen molar-refractivity contribution in [1.29, 1.82) is 0 Å². The zero-order valence-electron chi connectivity index (χ0n) is 44.7. The predicted octanol–water partition coefficient (Wildman–Crippen LogP) is 9.49. The number of carbonyl (C=O) groups is 6. The number of amides is 2. The number of ketones is 1. The maximum atomic E-state index is 12.5. The van der Waals surface area contributed by atoms with Crippen molar-refractivity contribution < 1.29 is 82.0 Å². The van der Waals surface area contributed by atoms with Gasteiger partial charge in [-0.3, -0.25) is 28.8 Å². The van der Waals surface area contributed by atoms with Crippen LogP contribution in [0.1, 0.15) is 148 Å². The Kier molecular flexibility index (Phi) is 46.3. The van der Waals surface area contributed by atoms with Crippen LogP contribution >= 0.6 is 64.8 Å². The van der Waals surface area contributed by atoms with E-state index in [9.17, 15) is 39.0 Å². The van der Waals surface area contributed by atoms with E-state index >= 15 is 0 Å². The van der Waals surface area contributed by atoms with Crippen molar-refractivity contribution in [3.63, 3.8) is 0 Å². The highest BCUT2D eigenvalue weighted by molar-refractivity contribution is 9.14. The summed E-state index contributed by atoms with van der Waals surface area (Å²) in [5.41, 5.74) is 0. The SMILES string of the molecule is O=C(O)CCCCCCCCCCCCCCCCC(=O)C[C@@H](CCC(=O)NCCOCCOCCOCCOCCOCCOCCOCCOCCC(=O)NCCCC[C@@H](C(=O)O)C1SSC2(SS1)SS2)C(=O)O. The molecule has 2 atom stereocenters. The van der Waals surface area contributed by atoms with E-state index in [1.165, 1.54) is 44.9 Å². The molecular formula is C51H90N2O17S6. The first-order valence-electron chi connectivity index (χ1n) is 27.4. The summed E-state index contributed by atoms with van der Waals surface area (Å²) in [4.78, 5) is 71.0. The van der Waals surface area contributed by atoms with Gasteiger partial charge >= 0.3 is 17.9 Å². The van der Waals surface area contributed by atoms with Crippen LogP contribution in [0.4, 0.5) is 0 Å². The number of rotatable bonds is 57. The average molecular weight is 1200 g/mol. The van der Waals surface area contributed by atoms with Gasteiger partial charge in [0.05, 0.1) is 122 Å².